The average Bonchev–Trinajstić information content (AvgIpc) is 2.73. The molecule has 1 amide bonds. The summed E-state index contributed by atoms with van der Waals surface area (Å²) in [5, 5.41) is 0. The highest BCUT2D eigenvalue weighted by molar-refractivity contribution is 5.97. The number of piperidine rings is 1. The van der Waals surface area contributed by atoms with Crippen LogP contribution in [-0.2, 0) is 16.8 Å². The van der Waals surface area contributed by atoms with Crippen molar-refractivity contribution in [3.05, 3.63) is 52.6 Å². The molecule has 1 saturated heterocycles. The Hall–Kier alpha value is -1.93. The van der Waals surface area contributed by atoms with Gasteiger partial charge in [-0.05, 0) is 50.8 Å². The van der Waals surface area contributed by atoms with Gasteiger partial charge in [0.05, 0.1) is 17.9 Å². The van der Waals surface area contributed by atoms with Crippen LogP contribution in [0.5, 0.6) is 5.75 Å². The van der Waals surface area contributed by atoms with Crippen LogP contribution in [0.2, 0.25) is 0 Å². The molecular formula is C22H30Cl2N4O3. The Bertz CT molecular complexity index is 918. The molecular weight excluding hydrogens is 439 g/mol. The first-order valence-corrected chi connectivity index (χ1v) is 10.2. The van der Waals surface area contributed by atoms with Gasteiger partial charge in [-0.3, -0.25) is 4.79 Å². The molecule has 31 heavy (non-hydrogen) atoms. The molecule has 4 rings (SSSR count). The summed E-state index contributed by atoms with van der Waals surface area (Å²) >= 11 is 0. The maximum atomic E-state index is 13.3. The van der Waals surface area contributed by atoms with Crippen LogP contribution in [-0.4, -0.2) is 53.6 Å². The molecule has 0 atom stereocenters. The summed E-state index contributed by atoms with van der Waals surface area (Å²) in [6.45, 7) is 6.58. The highest BCUT2D eigenvalue weighted by atomic mass is 35.5. The molecule has 0 aliphatic carbocycles. The Balaban J connectivity index is 0.00000171. The van der Waals surface area contributed by atoms with Crippen LogP contribution in [0.4, 0.5) is 0 Å². The summed E-state index contributed by atoms with van der Waals surface area (Å²) in [6, 6.07) is 5.69. The first-order valence-electron chi connectivity index (χ1n) is 10.2. The molecule has 2 N–H and O–H groups in total. The Morgan fingerprint density at radius 2 is 2.00 bits per heavy atom. The third kappa shape index (κ3) is 5.12. The average molecular weight is 469 g/mol. The molecule has 1 aromatic carbocycles. The lowest BCUT2D eigenvalue weighted by Crippen LogP contribution is -2.49. The molecule has 9 heteroatoms. The lowest BCUT2D eigenvalue weighted by molar-refractivity contribution is -0.0969. The van der Waals surface area contributed by atoms with Crippen LogP contribution in [0.25, 0.3) is 0 Å². The quantitative estimate of drug-likeness (QED) is 0.741. The number of nitrogens with zero attached hydrogens (tertiary/aromatic N) is 3. The van der Waals surface area contributed by atoms with E-state index in [-0.39, 0.29) is 30.7 Å². The number of rotatable bonds is 4. The van der Waals surface area contributed by atoms with Gasteiger partial charge in [0.2, 0.25) is 0 Å². The fourth-order valence-corrected chi connectivity index (χ4v) is 4.23. The molecule has 0 radical (unpaired) electrons. The summed E-state index contributed by atoms with van der Waals surface area (Å²) in [5.41, 5.74) is 8.94. The van der Waals surface area contributed by atoms with Gasteiger partial charge in [-0.15, -0.1) is 24.8 Å². The molecule has 0 bridgehead atoms. The van der Waals surface area contributed by atoms with Gasteiger partial charge in [0.1, 0.15) is 23.8 Å². The molecule has 2 aliphatic rings. The van der Waals surface area contributed by atoms with Crippen molar-refractivity contribution in [3.8, 4) is 5.75 Å². The third-order valence-corrected chi connectivity index (χ3v) is 5.77. The minimum absolute atomic E-state index is 0. The molecule has 0 unspecified atom stereocenters. The summed E-state index contributed by atoms with van der Waals surface area (Å²) in [7, 11) is 0. The molecule has 1 fully saturated rings. The van der Waals surface area contributed by atoms with E-state index in [2.05, 4.69) is 4.98 Å². The van der Waals surface area contributed by atoms with E-state index in [1.807, 2.05) is 43.1 Å². The van der Waals surface area contributed by atoms with Crippen molar-refractivity contribution in [2.24, 2.45) is 5.73 Å². The van der Waals surface area contributed by atoms with Crippen molar-refractivity contribution in [2.45, 2.75) is 38.7 Å². The van der Waals surface area contributed by atoms with Crippen LogP contribution >= 0.6 is 24.8 Å². The minimum Gasteiger partial charge on any atom is -0.491 e. The topological polar surface area (TPSA) is 90.6 Å². The van der Waals surface area contributed by atoms with Crippen molar-refractivity contribution in [3.63, 3.8) is 0 Å². The van der Waals surface area contributed by atoms with Gasteiger partial charge in [0.15, 0.2) is 0 Å². The van der Waals surface area contributed by atoms with Crippen LogP contribution in [0.15, 0.2) is 24.4 Å². The summed E-state index contributed by atoms with van der Waals surface area (Å²) < 4.78 is 12.0. The number of likely N-dealkylation sites (tertiary alicyclic amines) is 1. The second kappa shape index (κ2) is 10.6. The van der Waals surface area contributed by atoms with E-state index in [9.17, 15) is 4.79 Å². The first-order chi connectivity index (χ1) is 14.0. The number of aromatic nitrogens is 2. The van der Waals surface area contributed by atoms with E-state index in [0.717, 1.165) is 41.9 Å². The van der Waals surface area contributed by atoms with Crippen molar-refractivity contribution in [1.29, 1.82) is 0 Å². The largest absolute Gasteiger partial charge is 0.491 e. The SMILES string of the molecule is Cc1ccc(OCCN)c(C(=O)N2CCC3(CC2)OCCc2cnc(C)nc23)c1.Cl.Cl. The highest BCUT2D eigenvalue weighted by Crippen LogP contribution is 2.40. The first kappa shape index (κ1) is 25.3. The number of halogens is 2. The standard InChI is InChI=1S/C22H28N4O3.2ClH/c1-15-3-4-19(28-12-8-23)18(13-15)21(27)26-9-6-22(7-10-26)20-17(5-11-29-22)14-24-16(2)25-20;;/h3-4,13-14H,5-12,23H2,1-2H3;2*1H. The Morgan fingerprint density at radius 3 is 2.71 bits per heavy atom. The fraction of sp³-hybridized carbons (Fsp3) is 0.500. The Morgan fingerprint density at radius 1 is 1.26 bits per heavy atom. The van der Waals surface area contributed by atoms with Crippen molar-refractivity contribution < 1.29 is 14.3 Å². The molecule has 1 aromatic heterocycles. The van der Waals surface area contributed by atoms with Gasteiger partial charge in [-0.1, -0.05) is 11.6 Å². The van der Waals surface area contributed by atoms with Crippen molar-refractivity contribution >= 4 is 30.7 Å². The van der Waals surface area contributed by atoms with E-state index in [1.165, 1.54) is 0 Å². The normalized spacial score (nSPS) is 16.7. The number of fused-ring (bicyclic) bond motifs is 2. The number of amides is 1. The van der Waals surface area contributed by atoms with E-state index < -0.39 is 5.60 Å². The van der Waals surface area contributed by atoms with Crippen molar-refractivity contribution in [1.82, 2.24) is 14.9 Å². The number of benzene rings is 1. The molecule has 7 nitrogen and oxygen atoms in total. The number of hydrogen-bond acceptors (Lipinski definition) is 6. The van der Waals surface area contributed by atoms with Gasteiger partial charge in [-0.2, -0.15) is 0 Å². The number of aryl methyl sites for hydroxylation is 2. The number of ether oxygens (including phenoxy) is 2. The van der Waals surface area contributed by atoms with Crippen LogP contribution < -0.4 is 10.5 Å². The molecule has 1 spiro atoms. The summed E-state index contributed by atoms with van der Waals surface area (Å²) in [6.07, 6.45) is 4.22. The Labute approximate surface area is 195 Å². The number of nitrogens with two attached hydrogens (primary N) is 1. The monoisotopic (exact) mass is 468 g/mol. The number of hydrogen-bond donors (Lipinski definition) is 1. The second-order valence-electron chi connectivity index (χ2n) is 7.81. The fourth-order valence-electron chi connectivity index (χ4n) is 4.23. The molecule has 0 saturated carbocycles. The molecule has 2 aliphatic heterocycles. The zero-order chi connectivity index (χ0) is 20.4. The van der Waals surface area contributed by atoms with Gasteiger partial charge in [0.25, 0.3) is 5.91 Å². The van der Waals surface area contributed by atoms with Crippen LogP contribution in [0, 0.1) is 13.8 Å². The second-order valence-corrected chi connectivity index (χ2v) is 7.81. The predicted octanol–water partition coefficient (Wildman–Crippen LogP) is 2.98. The number of carbonyl (C=O) groups excluding carboxylic acids is 1. The zero-order valence-corrected chi connectivity index (χ0v) is 19.6. The predicted molar refractivity (Wildman–Crippen MR) is 123 cm³/mol. The lowest BCUT2D eigenvalue weighted by atomic mass is 9.83. The molecule has 2 aromatic rings. The van der Waals surface area contributed by atoms with Gasteiger partial charge in [0, 0.05) is 25.8 Å². The molecule has 3 heterocycles. The van der Waals surface area contributed by atoms with Gasteiger partial charge in [-0.25, -0.2) is 9.97 Å². The maximum Gasteiger partial charge on any atom is 0.257 e. The van der Waals surface area contributed by atoms with Gasteiger partial charge < -0.3 is 20.1 Å². The van der Waals surface area contributed by atoms with E-state index in [1.54, 1.807) is 0 Å². The van der Waals surface area contributed by atoms with Crippen LogP contribution in [0.1, 0.15) is 45.8 Å². The van der Waals surface area contributed by atoms with E-state index in [4.69, 9.17) is 20.2 Å². The van der Waals surface area contributed by atoms with Gasteiger partial charge >= 0.3 is 0 Å². The number of carbonyl (C=O) groups is 1. The smallest absolute Gasteiger partial charge is 0.257 e. The third-order valence-electron chi connectivity index (χ3n) is 5.77. The lowest BCUT2D eigenvalue weighted by Gasteiger charge is -2.44. The minimum atomic E-state index is -0.413. The van der Waals surface area contributed by atoms with E-state index >= 15 is 0 Å². The maximum absolute atomic E-state index is 13.3. The highest BCUT2D eigenvalue weighted by Gasteiger charge is 2.43. The van der Waals surface area contributed by atoms with E-state index in [0.29, 0.717) is 44.2 Å². The summed E-state index contributed by atoms with van der Waals surface area (Å²) in [4.78, 5) is 24.2. The van der Waals surface area contributed by atoms with Crippen LogP contribution in [0.3, 0.4) is 0 Å². The summed E-state index contributed by atoms with van der Waals surface area (Å²) in [5.74, 6) is 1.34. The van der Waals surface area contributed by atoms with Crippen molar-refractivity contribution in [2.75, 3.05) is 32.8 Å². The molecule has 170 valence electrons. The zero-order valence-electron chi connectivity index (χ0n) is 17.9. The Kier molecular flexibility index (Phi) is 8.65.